The number of para-hydroxylation sites is 2. The van der Waals surface area contributed by atoms with Gasteiger partial charge in [-0.2, -0.15) is 9.67 Å². The highest BCUT2D eigenvalue weighted by Crippen LogP contribution is 2.50. The van der Waals surface area contributed by atoms with E-state index in [4.69, 9.17) is 4.74 Å². The zero-order valence-electron chi connectivity index (χ0n) is 33.6. The lowest BCUT2D eigenvalue weighted by Gasteiger charge is -2.39. The molecule has 11 heteroatoms. The van der Waals surface area contributed by atoms with Crippen molar-refractivity contribution in [1.82, 2.24) is 15.2 Å². The monoisotopic (exact) mass is 859 g/mol. The van der Waals surface area contributed by atoms with Crippen molar-refractivity contribution >= 4 is 23.8 Å². The van der Waals surface area contributed by atoms with Gasteiger partial charge < -0.3 is 4.74 Å². The van der Waals surface area contributed by atoms with E-state index >= 15 is 8.78 Å². The van der Waals surface area contributed by atoms with E-state index in [0.29, 0.717) is 17.2 Å². The van der Waals surface area contributed by atoms with Crippen LogP contribution in [-0.4, -0.2) is 15.2 Å². The number of aromatic amines is 1. The predicted molar refractivity (Wildman–Crippen MR) is 236 cm³/mol. The van der Waals surface area contributed by atoms with Gasteiger partial charge in [-0.3, -0.25) is 5.10 Å². The third kappa shape index (κ3) is 7.46. The molecule has 0 aliphatic heterocycles. The maximum absolute atomic E-state index is 15.0. The molecule has 1 N–H and O–H groups in total. The van der Waals surface area contributed by atoms with Crippen LogP contribution in [0.3, 0.4) is 0 Å². The summed E-state index contributed by atoms with van der Waals surface area (Å²) in [4.78, 5) is 4.33. The van der Waals surface area contributed by atoms with Crippen LogP contribution in [-0.2, 0) is 5.41 Å². The van der Waals surface area contributed by atoms with E-state index in [0.717, 1.165) is 22.0 Å². The number of benzene rings is 7. The molecule has 310 valence electrons. The zero-order chi connectivity index (χ0) is 43.5. The summed E-state index contributed by atoms with van der Waals surface area (Å²) in [5, 5.41) is 10.0. The first-order chi connectivity index (χ1) is 30.8. The van der Waals surface area contributed by atoms with Crippen LogP contribution < -0.4 is 25.2 Å². The molecule has 2 aromatic heterocycles. The number of halogens is 5. The number of hydrogen-bond acceptors (Lipinski definition) is 3. The van der Waals surface area contributed by atoms with E-state index in [2.05, 4.69) is 107 Å². The molecule has 0 spiro atoms. The molecule has 0 aliphatic carbocycles. The Morgan fingerprint density at radius 2 is 1.02 bits per heavy atom. The summed E-state index contributed by atoms with van der Waals surface area (Å²) in [6.07, 6.45) is 1.85. The fourth-order valence-electron chi connectivity index (χ4n) is 8.39. The van der Waals surface area contributed by atoms with Crippen LogP contribution in [0, 0.1) is 29.1 Å². The van der Waals surface area contributed by atoms with Crippen LogP contribution in [0.5, 0.6) is 11.5 Å². The number of nitrogens with one attached hydrogen (secondary N) is 1. The van der Waals surface area contributed by atoms with E-state index in [1.54, 1.807) is 12.1 Å². The summed E-state index contributed by atoms with van der Waals surface area (Å²) in [5.41, 5.74) is 0.834. The fraction of sp³-hybridized carbons (Fsp3) is 0.0577. The zero-order valence-corrected chi connectivity index (χ0v) is 34.5. The molecule has 0 unspecified atom stereocenters. The van der Waals surface area contributed by atoms with Crippen molar-refractivity contribution in [2.24, 2.45) is 0 Å². The summed E-state index contributed by atoms with van der Waals surface area (Å²) < 4.78 is 82.0. The van der Waals surface area contributed by atoms with Gasteiger partial charge in [0.1, 0.15) is 16.9 Å². The standard InChI is InChI=1S/C52H36F5N4OP/c1-34(61-33-19-18-29-40(61)50-58-51(60-59-50)44-45(53)47(55)49(57)48(56)46(44)54)52(35-20-6-2-7-21-35,36-22-8-3-9-23-36)39-28-14-15-30-41(39)62-42-31-16-17-32-43(42)63(37-24-10-4-11-25-37)38-26-12-5-13-27-38/h2-34H,1H3/p+1/t34-/m1/s1. The van der Waals surface area contributed by atoms with E-state index in [1.807, 2.05) is 102 Å². The second-order valence-corrected chi connectivity index (χ2v) is 16.9. The number of rotatable bonds is 12. The molecule has 9 rings (SSSR count). The number of pyridine rings is 1. The third-order valence-electron chi connectivity index (χ3n) is 11.2. The van der Waals surface area contributed by atoms with Crippen molar-refractivity contribution < 1.29 is 31.3 Å². The number of H-pyrrole nitrogens is 1. The van der Waals surface area contributed by atoms with Crippen LogP contribution in [0.4, 0.5) is 22.0 Å². The highest BCUT2D eigenvalue weighted by molar-refractivity contribution is 7.80. The normalized spacial score (nSPS) is 12.0. The van der Waals surface area contributed by atoms with E-state index in [-0.39, 0.29) is 5.82 Å². The largest absolute Gasteiger partial charge is 0.456 e. The molecule has 0 radical (unpaired) electrons. The Balaban J connectivity index is 1.24. The molecular weight excluding hydrogens is 823 g/mol. The molecular formula is C52H37F5N4OP+. The first-order valence-corrected chi connectivity index (χ1v) is 21.5. The van der Waals surface area contributed by atoms with Gasteiger partial charge in [-0.1, -0.05) is 158 Å². The van der Waals surface area contributed by atoms with Crippen LogP contribution in [0.15, 0.2) is 194 Å². The minimum absolute atomic E-state index is 0.0325. The number of nitrogens with zero attached hydrogens (tertiary/aromatic N) is 3. The molecule has 0 aliphatic rings. The molecule has 5 nitrogen and oxygen atoms in total. The van der Waals surface area contributed by atoms with E-state index < -0.39 is 59.9 Å². The van der Waals surface area contributed by atoms with Gasteiger partial charge in [-0.25, -0.2) is 26.9 Å². The Labute approximate surface area is 361 Å². The second kappa shape index (κ2) is 17.6. The second-order valence-electron chi connectivity index (χ2n) is 14.7. The molecule has 0 saturated carbocycles. The SMILES string of the molecule is C[C@@H]([n+]1ccccc1-c1nc(-c2c(F)c(F)c(F)c(F)c2F)n[nH]1)C(c1ccccc1)(c1ccccc1)c1ccccc1Oc1ccccc1P(c1ccccc1)c1ccccc1. The lowest BCUT2D eigenvalue weighted by atomic mass is 9.64. The Bertz CT molecular complexity index is 2920. The highest BCUT2D eigenvalue weighted by Gasteiger charge is 2.50. The van der Waals surface area contributed by atoms with Gasteiger partial charge in [0.2, 0.25) is 17.3 Å². The third-order valence-corrected chi connectivity index (χ3v) is 13.7. The smallest absolute Gasteiger partial charge is 0.250 e. The maximum Gasteiger partial charge on any atom is 0.250 e. The number of hydrogen-bond donors (Lipinski definition) is 1. The predicted octanol–water partition coefficient (Wildman–Crippen LogP) is 11.3. The Hall–Kier alpha value is -7.29. The first-order valence-electron chi connectivity index (χ1n) is 20.1. The molecule has 0 amide bonds. The van der Waals surface area contributed by atoms with Gasteiger partial charge in [0.25, 0.3) is 0 Å². The molecule has 9 aromatic rings. The lowest BCUT2D eigenvalue weighted by molar-refractivity contribution is -0.716. The number of ether oxygens (including phenoxy) is 1. The van der Waals surface area contributed by atoms with Gasteiger partial charge >= 0.3 is 0 Å². The first kappa shape index (κ1) is 41.1. The Morgan fingerprint density at radius 1 is 0.540 bits per heavy atom. The average Bonchev–Trinajstić information content (AvgIpc) is 3.83. The van der Waals surface area contributed by atoms with Crippen molar-refractivity contribution in [3.63, 3.8) is 0 Å². The quantitative estimate of drug-likeness (QED) is 0.0333. The minimum Gasteiger partial charge on any atom is -0.456 e. The molecule has 1 atom stereocenters. The van der Waals surface area contributed by atoms with Crippen molar-refractivity contribution in [1.29, 1.82) is 0 Å². The Kier molecular flexibility index (Phi) is 11.5. The summed E-state index contributed by atoms with van der Waals surface area (Å²) in [7, 11) is -1.04. The van der Waals surface area contributed by atoms with Crippen molar-refractivity contribution in [3.8, 4) is 34.4 Å². The van der Waals surface area contributed by atoms with Gasteiger partial charge in [0.05, 0.1) is 5.56 Å². The molecule has 2 heterocycles. The lowest BCUT2D eigenvalue weighted by Crippen LogP contribution is -2.52. The van der Waals surface area contributed by atoms with Crippen molar-refractivity contribution in [2.75, 3.05) is 0 Å². The maximum atomic E-state index is 15.0. The van der Waals surface area contributed by atoms with Crippen LogP contribution >= 0.6 is 7.92 Å². The highest BCUT2D eigenvalue weighted by atomic mass is 31.1. The topological polar surface area (TPSA) is 54.7 Å². The van der Waals surface area contributed by atoms with Gasteiger partial charge in [0, 0.05) is 23.0 Å². The Morgan fingerprint density at radius 3 is 1.60 bits per heavy atom. The van der Waals surface area contributed by atoms with Gasteiger partial charge in [0.15, 0.2) is 41.3 Å². The van der Waals surface area contributed by atoms with Crippen molar-refractivity contribution in [3.05, 3.63) is 240 Å². The van der Waals surface area contributed by atoms with Gasteiger partial charge in [-0.15, -0.1) is 0 Å². The average molecular weight is 860 g/mol. The molecule has 0 saturated heterocycles. The van der Waals surface area contributed by atoms with Crippen LogP contribution in [0.1, 0.15) is 29.7 Å². The molecule has 7 aromatic carbocycles. The molecule has 63 heavy (non-hydrogen) atoms. The van der Waals surface area contributed by atoms with Crippen LogP contribution in [0.25, 0.3) is 22.9 Å². The number of aromatic nitrogens is 4. The van der Waals surface area contributed by atoms with Crippen molar-refractivity contribution in [2.45, 2.75) is 18.4 Å². The molecule has 0 bridgehead atoms. The van der Waals surface area contributed by atoms with E-state index in [9.17, 15) is 13.2 Å². The summed E-state index contributed by atoms with van der Waals surface area (Å²) in [6.45, 7) is 2.06. The van der Waals surface area contributed by atoms with E-state index in [1.165, 1.54) is 10.6 Å². The summed E-state index contributed by atoms with van der Waals surface area (Å²) in [6, 6.07) is 61.8. The summed E-state index contributed by atoms with van der Waals surface area (Å²) >= 11 is 0. The molecule has 0 fully saturated rings. The fourth-order valence-corrected chi connectivity index (χ4v) is 10.8. The van der Waals surface area contributed by atoms with Crippen LogP contribution in [0.2, 0.25) is 0 Å². The van der Waals surface area contributed by atoms with Gasteiger partial charge in [-0.05, 0) is 54.8 Å². The minimum atomic E-state index is -2.27. The summed E-state index contributed by atoms with van der Waals surface area (Å²) in [5.74, 6) is -9.86.